The van der Waals surface area contributed by atoms with Crippen LogP contribution in [0.5, 0.6) is 17.2 Å². The van der Waals surface area contributed by atoms with Gasteiger partial charge in [0.15, 0.2) is 17.3 Å². The van der Waals surface area contributed by atoms with Crippen molar-refractivity contribution in [3.05, 3.63) is 64.7 Å². The molecule has 8 heteroatoms. The number of ketones is 1. The maximum atomic E-state index is 13.2. The summed E-state index contributed by atoms with van der Waals surface area (Å²) in [6.07, 6.45) is 0.891. The van der Waals surface area contributed by atoms with Crippen molar-refractivity contribution in [2.75, 3.05) is 26.6 Å². The number of ether oxygens (including phenoxy) is 3. The fourth-order valence-electron chi connectivity index (χ4n) is 4.07. The van der Waals surface area contributed by atoms with Crippen LogP contribution >= 0.6 is 0 Å². The van der Waals surface area contributed by atoms with E-state index >= 15 is 0 Å². The van der Waals surface area contributed by atoms with Gasteiger partial charge in [0, 0.05) is 12.1 Å². The monoisotopic (exact) mass is 437 g/mol. The van der Waals surface area contributed by atoms with Crippen molar-refractivity contribution in [3.8, 4) is 17.2 Å². The van der Waals surface area contributed by atoms with Crippen LogP contribution in [0, 0.1) is 12.7 Å². The molecular formula is C24H24FN3O4. The normalized spacial score (nSPS) is 15.2. The molecule has 0 spiro atoms. The van der Waals surface area contributed by atoms with Gasteiger partial charge in [-0.15, -0.1) is 0 Å². The number of rotatable bonds is 6. The number of methoxy groups -OCH3 is 3. The van der Waals surface area contributed by atoms with Crippen LogP contribution < -0.4 is 19.5 Å². The first-order valence-corrected chi connectivity index (χ1v) is 10.2. The summed E-state index contributed by atoms with van der Waals surface area (Å²) in [5.74, 6) is 1.52. The van der Waals surface area contributed by atoms with Crippen molar-refractivity contribution in [2.24, 2.45) is 0 Å². The van der Waals surface area contributed by atoms with Gasteiger partial charge in [0.1, 0.15) is 5.82 Å². The number of Topliss-reactive ketones (excluding diaryl/α,β-unsaturated/α-hetero) is 1. The molecule has 7 nitrogen and oxygen atoms in total. The summed E-state index contributed by atoms with van der Waals surface area (Å²) in [6, 6.07) is 9.68. The van der Waals surface area contributed by atoms with E-state index in [2.05, 4.69) is 15.3 Å². The Hall–Kier alpha value is -3.68. The minimum Gasteiger partial charge on any atom is -0.493 e. The van der Waals surface area contributed by atoms with Crippen molar-refractivity contribution >= 4 is 17.4 Å². The number of benzene rings is 2. The van der Waals surface area contributed by atoms with Crippen LogP contribution in [0.15, 0.2) is 36.4 Å². The molecule has 166 valence electrons. The first-order valence-electron chi connectivity index (χ1n) is 10.2. The summed E-state index contributed by atoms with van der Waals surface area (Å²) in [5.41, 5.74) is 3.43. The molecule has 1 atom stereocenters. The van der Waals surface area contributed by atoms with E-state index in [1.807, 2.05) is 12.1 Å². The minimum absolute atomic E-state index is 0.00386. The number of aryl methyl sites for hydroxylation is 1. The van der Waals surface area contributed by atoms with E-state index < -0.39 is 0 Å². The van der Waals surface area contributed by atoms with Gasteiger partial charge >= 0.3 is 0 Å². The number of hydrogen-bond acceptors (Lipinski definition) is 7. The molecule has 1 aliphatic rings. The molecule has 3 aromatic rings. The molecule has 1 heterocycles. The van der Waals surface area contributed by atoms with Crippen molar-refractivity contribution in [3.63, 3.8) is 0 Å². The third-order valence-electron chi connectivity index (χ3n) is 5.57. The highest BCUT2D eigenvalue weighted by Gasteiger charge is 2.31. The molecule has 0 aliphatic heterocycles. The largest absolute Gasteiger partial charge is 0.493 e. The SMILES string of the molecule is COc1cc(C2CC(=O)c3c(C)nc(Nc4ccc(F)cc4)nc3C2)cc(OC)c1OC. The molecule has 0 amide bonds. The Morgan fingerprint density at radius 3 is 2.22 bits per heavy atom. The summed E-state index contributed by atoms with van der Waals surface area (Å²) in [6.45, 7) is 1.80. The van der Waals surface area contributed by atoms with E-state index in [0.717, 1.165) is 5.56 Å². The lowest BCUT2D eigenvalue weighted by atomic mass is 9.81. The quantitative estimate of drug-likeness (QED) is 0.603. The lowest BCUT2D eigenvalue weighted by molar-refractivity contribution is 0.0962. The molecule has 1 unspecified atom stereocenters. The molecule has 0 saturated heterocycles. The van der Waals surface area contributed by atoms with Gasteiger partial charge in [0.25, 0.3) is 0 Å². The van der Waals surface area contributed by atoms with E-state index in [1.165, 1.54) is 12.1 Å². The first kappa shape index (κ1) is 21.5. The van der Waals surface area contributed by atoms with Gasteiger partial charge in [0.2, 0.25) is 11.7 Å². The number of aromatic nitrogens is 2. The summed E-state index contributed by atoms with van der Waals surface area (Å²) >= 11 is 0. The van der Waals surface area contributed by atoms with Gasteiger partial charge in [-0.05, 0) is 61.2 Å². The van der Waals surface area contributed by atoms with Crippen LogP contribution in [0.1, 0.15) is 39.6 Å². The minimum atomic E-state index is -0.322. The number of nitrogens with zero attached hydrogens (tertiary/aromatic N) is 2. The van der Waals surface area contributed by atoms with Crippen molar-refractivity contribution in [2.45, 2.75) is 25.7 Å². The van der Waals surface area contributed by atoms with Crippen LogP contribution in [-0.2, 0) is 6.42 Å². The lowest BCUT2D eigenvalue weighted by Gasteiger charge is -2.26. The molecule has 0 bridgehead atoms. The first-order chi connectivity index (χ1) is 15.4. The van der Waals surface area contributed by atoms with Gasteiger partial charge in [-0.2, -0.15) is 0 Å². The number of anilines is 2. The summed E-state index contributed by atoms with van der Waals surface area (Å²) in [7, 11) is 4.68. The van der Waals surface area contributed by atoms with Crippen LogP contribution in [0.2, 0.25) is 0 Å². The maximum absolute atomic E-state index is 13.2. The Morgan fingerprint density at radius 1 is 0.969 bits per heavy atom. The zero-order valence-electron chi connectivity index (χ0n) is 18.4. The lowest BCUT2D eigenvalue weighted by Crippen LogP contribution is -2.23. The smallest absolute Gasteiger partial charge is 0.227 e. The molecule has 1 aliphatic carbocycles. The van der Waals surface area contributed by atoms with Gasteiger partial charge < -0.3 is 19.5 Å². The molecule has 32 heavy (non-hydrogen) atoms. The van der Waals surface area contributed by atoms with Crippen molar-refractivity contribution in [1.29, 1.82) is 0 Å². The van der Waals surface area contributed by atoms with Crippen molar-refractivity contribution < 1.29 is 23.4 Å². The van der Waals surface area contributed by atoms with Gasteiger partial charge in [0.05, 0.1) is 38.3 Å². The standard InChI is InChI=1S/C24H24FN3O4/c1-13-22-18(28-24(26-13)27-17-7-5-16(25)6-8-17)9-14(10-19(22)29)15-11-20(30-2)23(32-4)21(12-15)31-3/h5-8,11-12,14H,9-10H2,1-4H3,(H,26,27,28). The topological polar surface area (TPSA) is 82.6 Å². The maximum Gasteiger partial charge on any atom is 0.227 e. The number of carbonyl (C=O) groups is 1. The average molecular weight is 437 g/mol. The Morgan fingerprint density at radius 2 is 1.62 bits per heavy atom. The zero-order chi connectivity index (χ0) is 22.8. The molecule has 4 rings (SSSR count). The number of hydrogen-bond donors (Lipinski definition) is 1. The van der Waals surface area contributed by atoms with Gasteiger partial charge in [-0.25, -0.2) is 14.4 Å². The van der Waals surface area contributed by atoms with E-state index in [9.17, 15) is 9.18 Å². The summed E-state index contributed by atoms with van der Waals surface area (Å²) in [4.78, 5) is 22.0. The molecule has 2 aromatic carbocycles. The van der Waals surface area contributed by atoms with E-state index in [4.69, 9.17) is 14.2 Å². The Kier molecular flexibility index (Phi) is 5.94. The predicted octanol–water partition coefficient (Wildman–Crippen LogP) is 4.61. The summed E-state index contributed by atoms with van der Waals surface area (Å²) < 4.78 is 29.5. The van der Waals surface area contributed by atoms with Crippen LogP contribution in [0.25, 0.3) is 0 Å². The highest BCUT2D eigenvalue weighted by molar-refractivity contribution is 5.99. The molecule has 0 radical (unpaired) electrons. The summed E-state index contributed by atoms with van der Waals surface area (Å²) in [5, 5.41) is 3.09. The third kappa shape index (κ3) is 4.08. The molecule has 0 fully saturated rings. The number of halogens is 1. The Balaban J connectivity index is 1.69. The van der Waals surface area contributed by atoms with Gasteiger partial charge in [-0.1, -0.05) is 0 Å². The number of carbonyl (C=O) groups excluding carboxylic acids is 1. The van der Waals surface area contributed by atoms with Crippen LogP contribution in [0.3, 0.4) is 0 Å². The van der Waals surface area contributed by atoms with E-state index in [0.29, 0.717) is 58.7 Å². The second kappa shape index (κ2) is 8.82. The second-order valence-corrected chi connectivity index (χ2v) is 7.57. The fraction of sp³-hybridized carbons (Fsp3) is 0.292. The zero-order valence-corrected chi connectivity index (χ0v) is 18.4. The molecule has 1 aromatic heterocycles. The second-order valence-electron chi connectivity index (χ2n) is 7.57. The van der Waals surface area contributed by atoms with E-state index in [-0.39, 0.29) is 17.5 Å². The molecular weight excluding hydrogens is 413 g/mol. The number of nitrogens with one attached hydrogen (secondary N) is 1. The highest BCUT2D eigenvalue weighted by Crippen LogP contribution is 2.43. The Bertz CT molecular complexity index is 1140. The number of fused-ring (bicyclic) bond motifs is 1. The van der Waals surface area contributed by atoms with Crippen LogP contribution in [-0.4, -0.2) is 37.1 Å². The average Bonchev–Trinajstić information content (AvgIpc) is 2.78. The molecule has 1 N–H and O–H groups in total. The predicted molar refractivity (Wildman–Crippen MR) is 118 cm³/mol. The third-order valence-corrected chi connectivity index (χ3v) is 5.57. The van der Waals surface area contributed by atoms with E-state index in [1.54, 1.807) is 40.4 Å². The van der Waals surface area contributed by atoms with Crippen LogP contribution in [0.4, 0.5) is 16.0 Å². The molecule has 0 saturated carbocycles. The van der Waals surface area contributed by atoms with Crippen molar-refractivity contribution in [1.82, 2.24) is 9.97 Å². The highest BCUT2D eigenvalue weighted by atomic mass is 19.1. The Labute approximate surface area is 185 Å². The van der Waals surface area contributed by atoms with Gasteiger partial charge in [-0.3, -0.25) is 4.79 Å². The fourth-order valence-corrected chi connectivity index (χ4v) is 4.07.